The van der Waals surface area contributed by atoms with E-state index in [2.05, 4.69) is 52.8 Å². The molecule has 0 atom stereocenters. The second-order valence-corrected chi connectivity index (χ2v) is 5.65. The van der Waals surface area contributed by atoms with Gasteiger partial charge in [0.25, 0.3) is 0 Å². The lowest BCUT2D eigenvalue weighted by atomic mass is 9.84. The second kappa shape index (κ2) is 5.48. The molecule has 0 heterocycles. The zero-order valence-electron chi connectivity index (χ0n) is 11.8. The number of hydrogen-bond donors (Lipinski definition) is 0. The van der Waals surface area contributed by atoms with Gasteiger partial charge in [-0.05, 0) is 35.4 Å². The number of benzene rings is 1. The first-order valence-electron chi connectivity index (χ1n) is 6.56. The molecular formula is C16H24O. The van der Waals surface area contributed by atoms with Crippen molar-refractivity contribution in [3.8, 4) is 0 Å². The van der Waals surface area contributed by atoms with Crippen LogP contribution in [0.5, 0.6) is 0 Å². The maximum Gasteiger partial charge on any atom is 0.163 e. The van der Waals surface area contributed by atoms with E-state index in [-0.39, 0.29) is 11.2 Å². The second-order valence-electron chi connectivity index (χ2n) is 5.65. The molecule has 0 bridgehead atoms. The van der Waals surface area contributed by atoms with Gasteiger partial charge in [-0.1, -0.05) is 46.8 Å². The summed E-state index contributed by atoms with van der Waals surface area (Å²) in [4.78, 5) is 12.1. The summed E-state index contributed by atoms with van der Waals surface area (Å²) in [5, 5.41) is 0. The highest BCUT2D eigenvalue weighted by molar-refractivity contribution is 5.97. The normalized spacial score (nSPS) is 11.6. The van der Waals surface area contributed by atoms with Crippen molar-refractivity contribution in [3.05, 3.63) is 34.9 Å². The quantitative estimate of drug-likeness (QED) is 0.697. The average Bonchev–Trinajstić information content (AvgIpc) is 2.27. The summed E-state index contributed by atoms with van der Waals surface area (Å²) in [7, 11) is 0. The number of ketones is 1. The highest BCUT2D eigenvalue weighted by Crippen LogP contribution is 2.25. The van der Waals surface area contributed by atoms with Crippen LogP contribution in [0.3, 0.4) is 0 Å². The van der Waals surface area contributed by atoms with Crippen LogP contribution in [0.15, 0.2) is 18.2 Å². The van der Waals surface area contributed by atoms with Crippen molar-refractivity contribution in [1.82, 2.24) is 0 Å². The van der Waals surface area contributed by atoms with Crippen LogP contribution >= 0.6 is 0 Å². The number of rotatable bonds is 4. The molecule has 1 aromatic rings. The Hall–Kier alpha value is -1.11. The fraction of sp³-hybridized carbons (Fsp3) is 0.562. The van der Waals surface area contributed by atoms with E-state index in [4.69, 9.17) is 0 Å². The van der Waals surface area contributed by atoms with Crippen molar-refractivity contribution in [3.63, 3.8) is 0 Å². The molecule has 0 aliphatic rings. The molecule has 0 N–H and O–H groups in total. The van der Waals surface area contributed by atoms with Gasteiger partial charge in [0.05, 0.1) is 0 Å². The molecule has 0 fully saturated rings. The fourth-order valence-electron chi connectivity index (χ4n) is 1.97. The van der Waals surface area contributed by atoms with Crippen LogP contribution in [0.25, 0.3) is 0 Å². The van der Waals surface area contributed by atoms with Crippen molar-refractivity contribution in [2.75, 3.05) is 0 Å². The summed E-state index contributed by atoms with van der Waals surface area (Å²) in [5.74, 6) is 0.287. The number of carbonyl (C=O) groups excluding carboxylic acids is 1. The molecule has 1 nitrogen and oxygen atoms in total. The van der Waals surface area contributed by atoms with E-state index in [9.17, 15) is 4.79 Å². The lowest BCUT2D eigenvalue weighted by Crippen LogP contribution is -2.13. The Balaban J connectivity index is 3.20. The minimum Gasteiger partial charge on any atom is -0.294 e. The van der Waals surface area contributed by atoms with E-state index in [1.54, 1.807) is 0 Å². The average molecular weight is 232 g/mol. The molecule has 0 aliphatic heterocycles. The van der Waals surface area contributed by atoms with Crippen LogP contribution in [0.1, 0.15) is 68.9 Å². The third kappa shape index (κ3) is 3.42. The Morgan fingerprint density at radius 3 is 2.29 bits per heavy atom. The molecule has 0 spiro atoms. The Morgan fingerprint density at radius 2 is 1.82 bits per heavy atom. The molecule has 1 rings (SSSR count). The molecule has 0 amide bonds. The lowest BCUT2D eigenvalue weighted by Gasteiger charge is -2.21. The summed E-state index contributed by atoms with van der Waals surface area (Å²) < 4.78 is 0. The topological polar surface area (TPSA) is 17.1 Å². The first-order chi connectivity index (χ1) is 7.90. The first kappa shape index (κ1) is 14.0. The van der Waals surface area contributed by atoms with Crippen molar-refractivity contribution in [2.24, 2.45) is 0 Å². The lowest BCUT2D eigenvalue weighted by molar-refractivity contribution is 0.0980. The summed E-state index contributed by atoms with van der Waals surface area (Å²) in [6, 6.07) is 6.36. The van der Waals surface area contributed by atoms with Gasteiger partial charge < -0.3 is 0 Å². The largest absolute Gasteiger partial charge is 0.294 e. The summed E-state index contributed by atoms with van der Waals surface area (Å²) >= 11 is 0. The van der Waals surface area contributed by atoms with Gasteiger partial charge >= 0.3 is 0 Å². The highest BCUT2D eigenvalue weighted by atomic mass is 16.1. The van der Waals surface area contributed by atoms with Crippen LogP contribution in [-0.4, -0.2) is 5.78 Å². The third-order valence-corrected chi connectivity index (χ3v) is 3.13. The number of carbonyl (C=O) groups is 1. The Kier molecular flexibility index (Phi) is 4.50. The predicted octanol–water partition coefficient (Wildman–Crippen LogP) is 4.53. The molecule has 0 radical (unpaired) electrons. The molecule has 0 saturated carbocycles. The third-order valence-electron chi connectivity index (χ3n) is 3.13. The molecule has 0 aromatic heterocycles. The summed E-state index contributed by atoms with van der Waals surface area (Å²) in [6.45, 7) is 10.7. The van der Waals surface area contributed by atoms with Crippen molar-refractivity contribution in [2.45, 2.75) is 59.3 Å². The van der Waals surface area contributed by atoms with Gasteiger partial charge in [-0.3, -0.25) is 4.79 Å². The Bertz CT molecular complexity index is 396. The van der Waals surface area contributed by atoms with Crippen LogP contribution in [0.4, 0.5) is 0 Å². The Morgan fingerprint density at radius 1 is 1.18 bits per heavy atom. The molecule has 1 heteroatoms. The SMILES string of the molecule is CCCC(=O)c1cc(C(C)(C)C)ccc1CC. The zero-order valence-corrected chi connectivity index (χ0v) is 11.8. The summed E-state index contributed by atoms with van der Waals surface area (Å²) in [6.07, 6.45) is 2.50. The Labute approximate surface area is 105 Å². The van der Waals surface area contributed by atoms with Gasteiger partial charge in [0.1, 0.15) is 0 Å². The van der Waals surface area contributed by atoms with Crippen molar-refractivity contribution in [1.29, 1.82) is 0 Å². The monoisotopic (exact) mass is 232 g/mol. The van der Waals surface area contributed by atoms with E-state index in [0.717, 1.165) is 18.4 Å². The van der Waals surface area contributed by atoms with Crippen molar-refractivity contribution >= 4 is 5.78 Å². The maximum absolute atomic E-state index is 12.1. The van der Waals surface area contributed by atoms with E-state index in [0.29, 0.717) is 6.42 Å². The minimum atomic E-state index is 0.105. The van der Waals surface area contributed by atoms with E-state index >= 15 is 0 Å². The smallest absolute Gasteiger partial charge is 0.163 e. The van der Waals surface area contributed by atoms with Gasteiger partial charge in [-0.2, -0.15) is 0 Å². The summed E-state index contributed by atoms with van der Waals surface area (Å²) in [5.41, 5.74) is 3.46. The standard InChI is InChI=1S/C16H24O/c1-6-8-15(17)14-11-13(16(3,4)5)10-9-12(14)7-2/h9-11H,6-8H2,1-5H3. The van der Waals surface area contributed by atoms with E-state index < -0.39 is 0 Å². The number of aryl methyl sites for hydroxylation is 1. The van der Waals surface area contributed by atoms with Gasteiger partial charge in [0.15, 0.2) is 5.78 Å². The molecule has 1 aromatic carbocycles. The van der Waals surface area contributed by atoms with Gasteiger partial charge in [-0.15, -0.1) is 0 Å². The van der Waals surface area contributed by atoms with Gasteiger partial charge in [-0.25, -0.2) is 0 Å². The molecule has 0 saturated heterocycles. The van der Waals surface area contributed by atoms with E-state index in [1.165, 1.54) is 11.1 Å². The van der Waals surface area contributed by atoms with Crippen LogP contribution in [-0.2, 0) is 11.8 Å². The number of Topliss-reactive ketones (excluding diaryl/α,β-unsaturated/α-hetero) is 1. The van der Waals surface area contributed by atoms with Gasteiger partial charge in [0.2, 0.25) is 0 Å². The molecule has 0 unspecified atom stereocenters. The molecular weight excluding hydrogens is 208 g/mol. The van der Waals surface area contributed by atoms with Gasteiger partial charge in [0, 0.05) is 12.0 Å². The molecule has 17 heavy (non-hydrogen) atoms. The maximum atomic E-state index is 12.1. The van der Waals surface area contributed by atoms with Crippen LogP contribution < -0.4 is 0 Å². The van der Waals surface area contributed by atoms with E-state index in [1.807, 2.05) is 0 Å². The zero-order chi connectivity index (χ0) is 13.1. The van der Waals surface area contributed by atoms with Crippen LogP contribution in [0.2, 0.25) is 0 Å². The number of hydrogen-bond acceptors (Lipinski definition) is 1. The van der Waals surface area contributed by atoms with Crippen molar-refractivity contribution < 1.29 is 4.79 Å². The molecule has 0 aliphatic carbocycles. The van der Waals surface area contributed by atoms with Crippen LogP contribution in [0, 0.1) is 0 Å². The molecule has 94 valence electrons. The minimum absolute atomic E-state index is 0.105. The first-order valence-corrected chi connectivity index (χ1v) is 6.56. The highest BCUT2D eigenvalue weighted by Gasteiger charge is 2.17. The predicted molar refractivity (Wildman–Crippen MR) is 73.8 cm³/mol. The fourth-order valence-corrected chi connectivity index (χ4v) is 1.97.